The van der Waals surface area contributed by atoms with Crippen LogP contribution in [0.15, 0.2) is 41.5 Å². The maximum absolute atomic E-state index is 11.9. The fraction of sp³-hybridized carbons (Fsp3) is 0.200. The predicted molar refractivity (Wildman–Crippen MR) is 79.9 cm³/mol. The number of nitrogens with one attached hydrogen (secondary N) is 1. The Morgan fingerprint density at radius 3 is 2.37 bits per heavy atom. The van der Waals surface area contributed by atoms with E-state index in [0.29, 0.717) is 5.56 Å². The van der Waals surface area contributed by atoms with Gasteiger partial charge in [0.25, 0.3) is 5.91 Å². The fourth-order valence-electron chi connectivity index (χ4n) is 1.59. The monoisotopic (exact) mass is 272 g/mol. The van der Waals surface area contributed by atoms with Gasteiger partial charge in [0, 0.05) is 10.4 Å². The summed E-state index contributed by atoms with van der Waals surface area (Å²) in [6.07, 6.45) is 0. The number of nitrogens with zero attached hydrogens (tertiary/aromatic N) is 1. The third-order valence-corrected chi connectivity index (χ3v) is 3.85. The van der Waals surface area contributed by atoms with Crippen molar-refractivity contribution in [1.29, 1.82) is 0 Å². The Morgan fingerprint density at radius 1 is 1.11 bits per heavy atom. The predicted octanol–water partition coefficient (Wildman–Crippen LogP) is 3.52. The van der Waals surface area contributed by atoms with Crippen LogP contribution >= 0.6 is 11.3 Å². The third kappa shape index (κ3) is 3.51. The molecule has 2 rings (SSSR count). The highest BCUT2D eigenvalue weighted by Gasteiger charge is 2.05. The highest BCUT2D eigenvalue weighted by atomic mass is 32.1. The van der Waals surface area contributed by atoms with Gasteiger partial charge in [0.15, 0.2) is 0 Å². The minimum Gasteiger partial charge on any atom is -0.267 e. The van der Waals surface area contributed by atoms with Gasteiger partial charge in [-0.2, -0.15) is 5.10 Å². The van der Waals surface area contributed by atoms with E-state index in [1.165, 1.54) is 4.88 Å². The van der Waals surface area contributed by atoms with Gasteiger partial charge in [-0.15, -0.1) is 11.3 Å². The van der Waals surface area contributed by atoms with Crippen LogP contribution in [-0.4, -0.2) is 11.6 Å². The Labute approximate surface area is 117 Å². The number of rotatable bonds is 3. The first-order valence-corrected chi connectivity index (χ1v) is 6.86. The van der Waals surface area contributed by atoms with Gasteiger partial charge in [-0.1, -0.05) is 17.7 Å². The summed E-state index contributed by atoms with van der Waals surface area (Å²) in [6, 6.07) is 11.5. The molecule has 19 heavy (non-hydrogen) atoms. The zero-order valence-corrected chi connectivity index (χ0v) is 12.0. The molecule has 3 nitrogen and oxygen atoms in total. The standard InChI is InChI=1S/C15H16N2OS/c1-10-4-7-13(8-5-10)15(18)17-16-12(3)14-9-6-11(2)19-14/h4-9H,1-3H3,(H,17,18)/b16-12-. The van der Waals surface area contributed by atoms with E-state index in [0.717, 1.165) is 16.2 Å². The summed E-state index contributed by atoms with van der Waals surface area (Å²) in [7, 11) is 0. The molecule has 0 fully saturated rings. The topological polar surface area (TPSA) is 41.5 Å². The van der Waals surface area contributed by atoms with Gasteiger partial charge in [-0.3, -0.25) is 4.79 Å². The van der Waals surface area contributed by atoms with Gasteiger partial charge in [-0.25, -0.2) is 5.43 Å². The van der Waals surface area contributed by atoms with Crippen molar-refractivity contribution < 1.29 is 4.79 Å². The van der Waals surface area contributed by atoms with Crippen LogP contribution in [0.3, 0.4) is 0 Å². The smallest absolute Gasteiger partial charge is 0.267 e. The largest absolute Gasteiger partial charge is 0.271 e. The molecule has 0 spiro atoms. The SMILES string of the molecule is C/C(=N/NC(=O)c1ccc(C)cc1)c1ccc(C)s1. The van der Waals surface area contributed by atoms with Gasteiger partial charge in [0.2, 0.25) is 0 Å². The van der Waals surface area contributed by atoms with Gasteiger partial charge in [0.1, 0.15) is 0 Å². The summed E-state index contributed by atoms with van der Waals surface area (Å²) < 4.78 is 0. The Hall–Kier alpha value is -1.94. The number of carbonyl (C=O) groups is 1. The Kier molecular flexibility index (Phi) is 4.12. The quantitative estimate of drug-likeness (QED) is 0.674. The zero-order valence-electron chi connectivity index (χ0n) is 11.2. The summed E-state index contributed by atoms with van der Waals surface area (Å²) >= 11 is 1.66. The summed E-state index contributed by atoms with van der Waals surface area (Å²) in [5, 5.41) is 4.13. The Morgan fingerprint density at radius 2 is 1.79 bits per heavy atom. The van der Waals surface area contributed by atoms with Crippen molar-refractivity contribution in [3.63, 3.8) is 0 Å². The molecule has 1 heterocycles. The molecule has 0 atom stereocenters. The van der Waals surface area contributed by atoms with E-state index >= 15 is 0 Å². The molecule has 0 aliphatic carbocycles. The summed E-state index contributed by atoms with van der Waals surface area (Å²) in [4.78, 5) is 14.2. The fourth-order valence-corrected chi connectivity index (χ4v) is 2.40. The van der Waals surface area contributed by atoms with Crippen molar-refractivity contribution in [3.8, 4) is 0 Å². The molecule has 1 aromatic heterocycles. The van der Waals surface area contributed by atoms with Crippen molar-refractivity contribution in [1.82, 2.24) is 5.43 Å². The number of aryl methyl sites for hydroxylation is 2. The lowest BCUT2D eigenvalue weighted by molar-refractivity contribution is 0.0955. The number of amides is 1. The van der Waals surface area contributed by atoms with Crippen molar-refractivity contribution in [2.75, 3.05) is 0 Å². The summed E-state index contributed by atoms with van der Waals surface area (Å²) in [5.41, 5.74) is 5.14. The van der Waals surface area contributed by atoms with E-state index in [2.05, 4.69) is 10.5 Å². The lowest BCUT2D eigenvalue weighted by Crippen LogP contribution is -2.19. The molecule has 0 unspecified atom stereocenters. The number of benzene rings is 1. The van der Waals surface area contributed by atoms with E-state index in [-0.39, 0.29) is 5.91 Å². The number of hydrazone groups is 1. The van der Waals surface area contributed by atoms with E-state index in [9.17, 15) is 4.79 Å². The van der Waals surface area contributed by atoms with Crippen LogP contribution in [0, 0.1) is 13.8 Å². The molecule has 0 aliphatic heterocycles. The third-order valence-electron chi connectivity index (χ3n) is 2.74. The second-order valence-electron chi connectivity index (χ2n) is 4.41. The van der Waals surface area contributed by atoms with Gasteiger partial charge in [0.05, 0.1) is 10.6 Å². The van der Waals surface area contributed by atoms with Gasteiger partial charge in [-0.05, 0) is 45.0 Å². The van der Waals surface area contributed by atoms with Crippen molar-refractivity contribution in [3.05, 3.63) is 57.3 Å². The molecule has 1 aromatic carbocycles. The van der Waals surface area contributed by atoms with E-state index < -0.39 is 0 Å². The maximum atomic E-state index is 11.9. The van der Waals surface area contributed by atoms with Crippen molar-refractivity contribution in [2.24, 2.45) is 5.10 Å². The lowest BCUT2D eigenvalue weighted by Gasteiger charge is -2.02. The normalized spacial score (nSPS) is 11.4. The molecule has 0 aliphatic rings. The number of carbonyl (C=O) groups excluding carboxylic acids is 1. The molecular weight excluding hydrogens is 256 g/mol. The molecule has 0 saturated heterocycles. The second kappa shape index (κ2) is 5.80. The molecule has 2 aromatic rings. The van der Waals surface area contributed by atoms with Crippen LogP contribution in [-0.2, 0) is 0 Å². The first-order chi connectivity index (χ1) is 9.06. The van der Waals surface area contributed by atoms with E-state index in [4.69, 9.17) is 0 Å². The second-order valence-corrected chi connectivity index (χ2v) is 5.70. The Balaban J connectivity index is 2.05. The van der Waals surface area contributed by atoms with Crippen LogP contribution < -0.4 is 5.43 Å². The van der Waals surface area contributed by atoms with Crippen molar-refractivity contribution in [2.45, 2.75) is 20.8 Å². The number of hydrogen-bond acceptors (Lipinski definition) is 3. The van der Waals surface area contributed by atoms with Crippen LogP contribution in [0.1, 0.15) is 32.6 Å². The summed E-state index contributed by atoms with van der Waals surface area (Å²) in [5.74, 6) is -0.187. The van der Waals surface area contributed by atoms with E-state index in [1.54, 1.807) is 23.5 Å². The minimum atomic E-state index is -0.187. The van der Waals surface area contributed by atoms with Gasteiger partial charge < -0.3 is 0 Å². The van der Waals surface area contributed by atoms with Crippen molar-refractivity contribution >= 4 is 23.0 Å². The average molecular weight is 272 g/mol. The van der Waals surface area contributed by atoms with Crippen LogP contribution in [0.2, 0.25) is 0 Å². The van der Waals surface area contributed by atoms with Gasteiger partial charge >= 0.3 is 0 Å². The number of thiophene rings is 1. The number of hydrogen-bond donors (Lipinski definition) is 1. The molecule has 98 valence electrons. The lowest BCUT2D eigenvalue weighted by atomic mass is 10.1. The first-order valence-electron chi connectivity index (χ1n) is 6.04. The van der Waals surface area contributed by atoms with Crippen LogP contribution in [0.25, 0.3) is 0 Å². The van der Waals surface area contributed by atoms with E-state index in [1.807, 2.05) is 45.0 Å². The molecule has 0 bridgehead atoms. The Bertz CT molecular complexity index is 611. The molecular formula is C15H16N2OS. The van der Waals surface area contributed by atoms with Crippen LogP contribution in [0.4, 0.5) is 0 Å². The summed E-state index contributed by atoms with van der Waals surface area (Å²) in [6.45, 7) is 5.93. The highest BCUT2D eigenvalue weighted by molar-refractivity contribution is 7.14. The average Bonchev–Trinajstić information content (AvgIpc) is 2.83. The molecule has 1 N–H and O–H groups in total. The minimum absolute atomic E-state index is 0.187. The first kappa shape index (κ1) is 13.5. The molecule has 0 saturated carbocycles. The zero-order chi connectivity index (χ0) is 13.8. The molecule has 4 heteroatoms. The molecule has 0 radical (unpaired) electrons. The highest BCUT2D eigenvalue weighted by Crippen LogP contribution is 2.15. The molecule has 1 amide bonds. The van der Waals surface area contributed by atoms with Crippen LogP contribution in [0.5, 0.6) is 0 Å². The maximum Gasteiger partial charge on any atom is 0.271 e.